The molecule has 1 aromatic heterocycles. The van der Waals surface area contributed by atoms with E-state index in [0.29, 0.717) is 6.61 Å². The molecule has 1 atom stereocenters. The van der Waals surface area contributed by atoms with Gasteiger partial charge in [0.15, 0.2) is 5.79 Å². The summed E-state index contributed by atoms with van der Waals surface area (Å²) in [5.74, 6) is 0.688. The number of nitrogens with one attached hydrogen (secondary N) is 1. The van der Waals surface area contributed by atoms with Crippen LogP contribution < -0.4 is 10.2 Å². The molecule has 1 aromatic rings. The van der Waals surface area contributed by atoms with Gasteiger partial charge in [-0.15, -0.1) is 0 Å². The predicted molar refractivity (Wildman–Crippen MR) is 90.5 cm³/mol. The van der Waals surface area contributed by atoms with Gasteiger partial charge >= 0.3 is 0 Å². The van der Waals surface area contributed by atoms with Crippen molar-refractivity contribution in [1.82, 2.24) is 14.9 Å². The molecule has 0 amide bonds. The van der Waals surface area contributed by atoms with Crippen LogP contribution in [0.5, 0.6) is 0 Å². The number of imidazole rings is 1. The molecule has 0 unspecified atom stereocenters. The molecule has 6 heteroatoms. The topological polar surface area (TPSA) is 51.6 Å². The van der Waals surface area contributed by atoms with Gasteiger partial charge in [-0.05, 0) is 12.8 Å². The first kappa shape index (κ1) is 16.7. The summed E-state index contributed by atoms with van der Waals surface area (Å²) in [5, 5.41) is 3.49. The number of rotatable bonds is 5. The molecule has 1 aliphatic heterocycles. The van der Waals surface area contributed by atoms with Gasteiger partial charge in [-0.25, -0.2) is 4.98 Å². The van der Waals surface area contributed by atoms with Gasteiger partial charge in [0.2, 0.25) is 5.95 Å². The Kier molecular flexibility index (Phi) is 5.24. The molecule has 3 rings (SSSR count). The van der Waals surface area contributed by atoms with E-state index in [2.05, 4.69) is 21.9 Å². The van der Waals surface area contributed by atoms with Crippen LogP contribution in [0, 0.1) is 0 Å². The highest BCUT2D eigenvalue weighted by Gasteiger charge is 2.41. The summed E-state index contributed by atoms with van der Waals surface area (Å²) in [6.45, 7) is 2.33. The lowest BCUT2D eigenvalue weighted by molar-refractivity contribution is -0.175. The SMILES string of the molecule is CN(C)c1ncc(CNC[C@H]2COC3(CCCCCC3)O2)n1C. The maximum atomic E-state index is 6.27. The standard InChI is InChI=1S/C17H30N4O2/c1-20(2)16-19-11-14(21(16)3)10-18-12-15-13-22-17(23-15)8-6-4-5-7-9-17/h11,15,18H,4-10,12-13H2,1-3H3/t15-/m0/s1. The third kappa shape index (κ3) is 3.87. The van der Waals surface area contributed by atoms with Crippen molar-refractivity contribution in [3.8, 4) is 0 Å². The third-order valence-electron chi connectivity index (χ3n) is 4.92. The molecular formula is C17H30N4O2. The third-order valence-corrected chi connectivity index (χ3v) is 4.92. The van der Waals surface area contributed by atoms with Crippen LogP contribution in [-0.2, 0) is 23.1 Å². The molecule has 1 saturated carbocycles. The van der Waals surface area contributed by atoms with Crippen molar-refractivity contribution < 1.29 is 9.47 Å². The predicted octanol–water partition coefficient (Wildman–Crippen LogP) is 2.04. The number of anilines is 1. The van der Waals surface area contributed by atoms with Crippen molar-refractivity contribution in [3.05, 3.63) is 11.9 Å². The van der Waals surface area contributed by atoms with Crippen LogP contribution in [0.15, 0.2) is 6.20 Å². The molecule has 2 aliphatic rings. The minimum absolute atomic E-state index is 0.162. The van der Waals surface area contributed by atoms with E-state index >= 15 is 0 Å². The van der Waals surface area contributed by atoms with Crippen molar-refractivity contribution in [3.63, 3.8) is 0 Å². The quantitative estimate of drug-likeness (QED) is 0.899. The van der Waals surface area contributed by atoms with Crippen molar-refractivity contribution in [2.24, 2.45) is 7.05 Å². The highest BCUT2D eigenvalue weighted by atomic mass is 16.7. The first-order valence-corrected chi connectivity index (χ1v) is 8.80. The maximum absolute atomic E-state index is 6.27. The zero-order valence-corrected chi connectivity index (χ0v) is 14.7. The van der Waals surface area contributed by atoms with E-state index in [0.717, 1.165) is 31.9 Å². The summed E-state index contributed by atoms with van der Waals surface area (Å²) >= 11 is 0. The number of aromatic nitrogens is 2. The molecule has 1 spiro atoms. The van der Waals surface area contributed by atoms with E-state index in [-0.39, 0.29) is 11.9 Å². The van der Waals surface area contributed by atoms with Gasteiger partial charge in [0.05, 0.1) is 24.6 Å². The molecule has 2 fully saturated rings. The van der Waals surface area contributed by atoms with Crippen LogP contribution in [0.1, 0.15) is 44.2 Å². The zero-order valence-electron chi connectivity index (χ0n) is 14.7. The molecule has 23 heavy (non-hydrogen) atoms. The number of nitrogens with zero attached hydrogens (tertiary/aromatic N) is 3. The highest BCUT2D eigenvalue weighted by molar-refractivity contribution is 5.30. The maximum Gasteiger partial charge on any atom is 0.204 e. The zero-order chi connectivity index (χ0) is 16.3. The Labute approximate surface area is 139 Å². The fourth-order valence-corrected chi connectivity index (χ4v) is 3.62. The van der Waals surface area contributed by atoms with Gasteiger partial charge in [-0.3, -0.25) is 0 Å². The van der Waals surface area contributed by atoms with Crippen LogP contribution >= 0.6 is 0 Å². The Hall–Kier alpha value is -1.11. The van der Waals surface area contributed by atoms with Crippen LogP contribution in [0.2, 0.25) is 0 Å². The Balaban J connectivity index is 1.46. The Morgan fingerprint density at radius 2 is 2.04 bits per heavy atom. The van der Waals surface area contributed by atoms with Gasteiger partial charge in [0.25, 0.3) is 0 Å². The fourth-order valence-electron chi connectivity index (χ4n) is 3.62. The van der Waals surface area contributed by atoms with E-state index in [1.165, 1.54) is 31.4 Å². The van der Waals surface area contributed by atoms with Crippen LogP contribution in [0.4, 0.5) is 5.95 Å². The van der Waals surface area contributed by atoms with E-state index in [1.54, 1.807) is 0 Å². The highest BCUT2D eigenvalue weighted by Crippen LogP contribution is 2.36. The number of hydrogen-bond acceptors (Lipinski definition) is 5. The fraction of sp³-hybridized carbons (Fsp3) is 0.824. The Morgan fingerprint density at radius 3 is 2.70 bits per heavy atom. The minimum atomic E-state index is -0.284. The summed E-state index contributed by atoms with van der Waals surface area (Å²) in [5.41, 5.74) is 1.18. The van der Waals surface area contributed by atoms with Gasteiger partial charge in [0.1, 0.15) is 0 Å². The summed E-state index contributed by atoms with van der Waals surface area (Å²) in [6.07, 6.45) is 9.27. The summed E-state index contributed by atoms with van der Waals surface area (Å²) in [6, 6.07) is 0. The van der Waals surface area contributed by atoms with Gasteiger partial charge in [-0.1, -0.05) is 12.8 Å². The normalized spacial score (nSPS) is 24.0. The number of hydrogen-bond donors (Lipinski definition) is 1. The largest absolute Gasteiger partial charge is 0.348 e. The lowest BCUT2D eigenvalue weighted by atomic mass is 10.1. The van der Waals surface area contributed by atoms with E-state index < -0.39 is 0 Å². The van der Waals surface area contributed by atoms with Crippen LogP contribution in [0.3, 0.4) is 0 Å². The Bertz CT molecular complexity index is 507. The lowest BCUT2D eigenvalue weighted by Gasteiger charge is -2.26. The average Bonchev–Trinajstić information content (AvgIpc) is 2.99. The van der Waals surface area contributed by atoms with Crippen molar-refractivity contribution in [1.29, 1.82) is 0 Å². The van der Waals surface area contributed by atoms with Crippen LogP contribution in [0.25, 0.3) is 0 Å². The molecular weight excluding hydrogens is 292 g/mol. The van der Waals surface area contributed by atoms with Gasteiger partial charge < -0.3 is 24.3 Å². The van der Waals surface area contributed by atoms with Gasteiger partial charge in [0, 0.05) is 47.1 Å². The second-order valence-electron chi connectivity index (χ2n) is 7.01. The molecule has 130 valence electrons. The van der Waals surface area contributed by atoms with E-state index in [1.807, 2.05) is 25.2 Å². The second kappa shape index (κ2) is 7.20. The molecule has 1 saturated heterocycles. The Morgan fingerprint density at radius 1 is 1.30 bits per heavy atom. The molecule has 0 aromatic carbocycles. The number of ether oxygens (including phenoxy) is 2. The minimum Gasteiger partial charge on any atom is -0.348 e. The molecule has 1 aliphatic carbocycles. The van der Waals surface area contributed by atoms with Crippen molar-refractivity contribution >= 4 is 5.95 Å². The molecule has 0 bridgehead atoms. The monoisotopic (exact) mass is 322 g/mol. The summed E-state index contributed by atoms with van der Waals surface area (Å²) in [4.78, 5) is 6.46. The van der Waals surface area contributed by atoms with Crippen molar-refractivity contribution in [2.45, 2.75) is 57.0 Å². The van der Waals surface area contributed by atoms with Crippen LogP contribution in [-0.4, -0.2) is 48.7 Å². The van der Waals surface area contributed by atoms with Crippen molar-refractivity contribution in [2.75, 3.05) is 32.1 Å². The summed E-state index contributed by atoms with van der Waals surface area (Å²) < 4.78 is 14.4. The van der Waals surface area contributed by atoms with E-state index in [4.69, 9.17) is 9.47 Å². The molecule has 2 heterocycles. The lowest BCUT2D eigenvalue weighted by Crippen LogP contribution is -2.33. The second-order valence-corrected chi connectivity index (χ2v) is 7.01. The molecule has 6 nitrogen and oxygen atoms in total. The molecule has 1 N–H and O–H groups in total. The first-order chi connectivity index (χ1) is 11.1. The van der Waals surface area contributed by atoms with Gasteiger partial charge in [-0.2, -0.15) is 0 Å². The van der Waals surface area contributed by atoms with E-state index in [9.17, 15) is 0 Å². The summed E-state index contributed by atoms with van der Waals surface area (Å²) in [7, 11) is 6.07. The first-order valence-electron chi connectivity index (χ1n) is 8.80. The molecule has 0 radical (unpaired) electrons. The smallest absolute Gasteiger partial charge is 0.204 e. The average molecular weight is 322 g/mol.